The van der Waals surface area contributed by atoms with Crippen molar-refractivity contribution in [2.75, 3.05) is 6.54 Å². The van der Waals surface area contributed by atoms with E-state index in [0.29, 0.717) is 17.5 Å². The molecule has 1 amide bonds. The van der Waals surface area contributed by atoms with Crippen LogP contribution in [0.5, 0.6) is 0 Å². The van der Waals surface area contributed by atoms with Crippen LogP contribution >= 0.6 is 15.9 Å². The van der Waals surface area contributed by atoms with Crippen LogP contribution in [0.4, 0.5) is 0 Å². The second kappa shape index (κ2) is 6.95. The van der Waals surface area contributed by atoms with Crippen LogP contribution in [0.1, 0.15) is 50.1 Å². The maximum absolute atomic E-state index is 11.8. The van der Waals surface area contributed by atoms with Gasteiger partial charge in [0.15, 0.2) is 10.4 Å². The van der Waals surface area contributed by atoms with E-state index >= 15 is 0 Å². The summed E-state index contributed by atoms with van der Waals surface area (Å²) in [6.07, 6.45) is 3.14. The number of furan rings is 1. The summed E-state index contributed by atoms with van der Waals surface area (Å²) >= 11 is 3.14. The summed E-state index contributed by atoms with van der Waals surface area (Å²) in [5, 5.41) is 13.1. The number of nitrogens with one attached hydrogen (secondary N) is 1. The van der Waals surface area contributed by atoms with E-state index in [4.69, 9.17) is 4.42 Å². The predicted molar refractivity (Wildman–Crippen MR) is 73.5 cm³/mol. The number of carbonyl (C=O) groups is 1. The van der Waals surface area contributed by atoms with Gasteiger partial charge >= 0.3 is 0 Å². The monoisotopic (exact) mass is 317 g/mol. The van der Waals surface area contributed by atoms with Crippen molar-refractivity contribution in [3.63, 3.8) is 0 Å². The summed E-state index contributed by atoms with van der Waals surface area (Å²) in [6, 6.07) is 3.26. The average Bonchev–Trinajstić information content (AvgIpc) is 2.74. The zero-order chi connectivity index (χ0) is 13.6. The number of hydrogen-bond acceptors (Lipinski definition) is 3. The Morgan fingerprint density at radius 1 is 1.39 bits per heavy atom. The van der Waals surface area contributed by atoms with E-state index in [0.717, 1.165) is 12.8 Å². The molecule has 0 spiro atoms. The van der Waals surface area contributed by atoms with E-state index in [2.05, 4.69) is 21.2 Å². The van der Waals surface area contributed by atoms with Crippen molar-refractivity contribution >= 4 is 21.8 Å². The number of aliphatic hydroxyl groups is 1. The maximum atomic E-state index is 11.8. The Labute approximate surface area is 116 Å². The van der Waals surface area contributed by atoms with Gasteiger partial charge in [0.05, 0.1) is 5.60 Å². The molecule has 0 atom stereocenters. The maximum Gasteiger partial charge on any atom is 0.287 e. The molecule has 0 aliphatic rings. The highest BCUT2D eigenvalue weighted by molar-refractivity contribution is 9.10. The van der Waals surface area contributed by atoms with Gasteiger partial charge in [-0.05, 0) is 40.9 Å². The SMILES string of the molecule is CCCC(O)(CCC)CNC(=O)c1ccc(Br)o1. The third-order valence-corrected chi connectivity index (χ3v) is 3.23. The summed E-state index contributed by atoms with van der Waals surface area (Å²) in [6.45, 7) is 4.30. The molecule has 0 aromatic carbocycles. The summed E-state index contributed by atoms with van der Waals surface area (Å²) in [5.74, 6) is -0.0523. The number of rotatable bonds is 7. The van der Waals surface area contributed by atoms with Crippen LogP contribution < -0.4 is 5.32 Å². The van der Waals surface area contributed by atoms with Gasteiger partial charge in [0.25, 0.3) is 5.91 Å². The summed E-state index contributed by atoms with van der Waals surface area (Å²) in [4.78, 5) is 11.8. The lowest BCUT2D eigenvalue weighted by atomic mass is 9.92. The molecular weight excluding hydrogens is 298 g/mol. The lowest BCUT2D eigenvalue weighted by molar-refractivity contribution is 0.0209. The van der Waals surface area contributed by atoms with Crippen LogP contribution in [-0.2, 0) is 0 Å². The molecule has 0 unspecified atom stereocenters. The van der Waals surface area contributed by atoms with Gasteiger partial charge in [-0.2, -0.15) is 0 Å². The zero-order valence-corrected chi connectivity index (χ0v) is 12.4. The number of halogens is 1. The third kappa shape index (κ3) is 4.46. The Morgan fingerprint density at radius 2 is 2.00 bits per heavy atom. The topological polar surface area (TPSA) is 62.5 Å². The van der Waals surface area contributed by atoms with Crippen molar-refractivity contribution in [2.24, 2.45) is 0 Å². The van der Waals surface area contributed by atoms with Crippen LogP contribution in [-0.4, -0.2) is 23.2 Å². The minimum Gasteiger partial charge on any atom is -0.444 e. The van der Waals surface area contributed by atoms with Crippen molar-refractivity contribution < 1.29 is 14.3 Å². The molecule has 5 heteroatoms. The molecule has 4 nitrogen and oxygen atoms in total. The highest BCUT2D eigenvalue weighted by Gasteiger charge is 2.26. The fourth-order valence-corrected chi connectivity index (χ4v) is 2.31. The molecule has 18 heavy (non-hydrogen) atoms. The van der Waals surface area contributed by atoms with E-state index in [1.807, 2.05) is 13.8 Å². The first-order valence-corrected chi connectivity index (χ1v) is 7.06. The van der Waals surface area contributed by atoms with E-state index in [9.17, 15) is 9.90 Å². The van der Waals surface area contributed by atoms with Crippen LogP contribution in [0.2, 0.25) is 0 Å². The Hall–Kier alpha value is -0.810. The van der Waals surface area contributed by atoms with Gasteiger partial charge in [-0.25, -0.2) is 0 Å². The van der Waals surface area contributed by atoms with Gasteiger partial charge in [-0.3, -0.25) is 4.79 Å². The molecule has 1 rings (SSSR count). The van der Waals surface area contributed by atoms with Gasteiger partial charge in [0.2, 0.25) is 0 Å². The van der Waals surface area contributed by atoms with Crippen LogP contribution in [0, 0.1) is 0 Å². The van der Waals surface area contributed by atoms with Crippen LogP contribution in [0.15, 0.2) is 21.2 Å². The molecular formula is C13H20BrNO3. The lowest BCUT2D eigenvalue weighted by Crippen LogP contribution is -2.42. The van der Waals surface area contributed by atoms with Crippen molar-refractivity contribution in [1.82, 2.24) is 5.32 Å². The fourth-order valence-electron chi connectivity index (χ4n) is 2.00. The molecule has 0 aliphatic heterocycles. The normalized spacial score (nSPS) is 11.6. The molecule has 0 bridgehead atoms. The van der Waals surface area contributed by atoms with Crippen molar-refractivity contribution in [1.29, 1.82) is 0 Å². The molecule has 0 radical (unpaired) electrons. The van der Waals surface area contributed by atoms with Crippen LogP contribution in [0.25, 0.3) is 0 Å². The summed E-state index contributed by atoms with van der Waals surface area (Å²) in [5.41, 5.74) is -0.816. The molecule has 1 heterocycles. The molecule has 0 saturated heterocycles. The first-order valence-electron chi connectivity index (χ1n) is 6.26. The second-order valence-electron chi connectivity index (χ2n) is 4.51. The van der Waals surface area contributed by atoms with Gasteiger partial charge in [-0.15, -0.1) is 0 Å². The fraction of sp³-hybridized carbons (Fsp3) is 0.615. The average molecular weight is 318 g/mol. The Balaban J connectivity index is 2.54. The number of amides is 1. The number of carbonyl (C=O) groups excluding carboxylic acids is 1. The smallest absolute Gasteiger partial charge is 0.287 e. The van der Waals surface area contributed by atoms with Crippen molar-refractivity contribution in [2.45, 2.75) is 45.1 Å². The zero-order valence-electron chi connectivity index (χ0n) is 10.8. The first kappa shape index (κ1) is 15.2. The van der Waals surface area contributed by atoms with Crippen molar-refractivity contribution in [3.8, 4) is 0 Å². The Morgan fingerprint density at radius 3 is 2.44 bits per heavy atom. The molecule has 1 aromatic heterocycles. The lowest BCUT2D eigenvalue weighted by Gasteiger charge is -2.27. The quantitative estimate of drug-likeness (QED) is 0.812. The molecule has 2 N–H and O–H groups in total. The van der Waals surface area contributed by atoms with Gasteiger partial charge in [0, 0.05) is 6.54 Å². The number of hydrogen-bond donors (Lipinski definition) is 2. The van der Waals surface area contributed by atoms with E-state index in [1.54, 1.807) is 12.1 Å². The molecule has 0 aliphatic carbocycles. The molecule has 0 saturated carbocycles. The second-order valence-corrected chi connectivity index (χ2v) is 5.29. The van der Waals surface area contributed by atoms with Gasteiger partial charge in [-0.1, -0.05) is 26.7 Å². The summed E-state index contributed by atoms with van der Waals surface area (Å²) < 4.78 is 5.67. The standard InChI is InChI=1S/C13H20BrNO3/c1-3-7-13(17,8-4-2)9-15-12(16)10-5-6-11(14)18-10/h5-6,17H,3-4,7-9H2,1-2H3,(H,15,16). The molecule has 0 fully saturated rings. The predicted octanol–water partition coefficient (Wildman–Crippen LogP) is 3.10. The van der Waals surface area contributed by atoms with Gasteiger partial charge < -0.3 is 14.8 Å². The Kier molecular flexibility index (Phi) is 5.88. The largest absolute Gasteiger partial charge is 0.444 e. The minimum absolute atomic E-state index is 0.247. The highest BCUT2D eigenvalue weighted by Crippen LogP contribution is 2.19. The third-order valence-electron chi connectivity index (χ3n) is 2.81. The first-order chi connectivity index (χ1) is 8.50. The summed E-state index contributed by atoms with van der Waals surface area (Å²) in [7, 11) is 0. The van der Waals surface area contributed by atoms with E-state index < -0.39 is 5.60 Å². The molecule has 102 valence electrons. The highest BCUT2D eigenvalue weighted by atomic mass is 79.9. The van der Waals surface area contributed by atoms with Gasteiger partial charge in [0.1, 0.15) is 0 Å². The van der Waals surface area contributed by atoms with Crippen LogP contribution in [0.3, 0.4) is 0 Å². The molecule has 1 aromatic rings. The van der Waals surface area contributed by atoms with E-state index in [-0.39, 0.29) is 18.2 Å². The Bertz CT molecular complexity index is 383. The van der Waals surface area contributed by atoms with Crippen molar-refractivity contribution in [3.05, 3.63) is 22.6 Å². The minimum atomic E-state index is -0.816. The van der Waals surface area contributed by atoms with E-state index in [1.165, 1.54) is 0 Å².